The highest BCUT2D eigenvalue weighted by Gasteiger charge is 2.40. The monoisotopic (exact) mass is 290 g/mol. The number of rotatable bonds is 4. The summed E-state index contributed by atoms with van der Waals surface area (Å²) in [5.41, 5.74) is -0.454. The minimum atomic E-state index is -1.02. The highest BCUT2D eigenvalue weighted by atomic mass is 16.5. The van der Waals surface area contributed by atoms with Crippen molar-refractivity contribution in [2.45, 2.75) is 12.8 Å². The summed E-state index contributed by atoms with van der Waals surface area (Å²) in [7, 11) is 3.07. The third kappa shape index (κ3) is 3.09. The molecule has 21 heavy (non-hydrogen) atoms. The van der Waals surface area contributed by atoms with Gasteiger partial charge < -0.3 is 19.5 Å². The molecule has 1 heterocycles. The molecule has 1 saturated heterocycles. The second-order valence-electron chi connectivity index (χ2n) is 4.83. The lowest BCUT2D eigenvalue weighted by Crippen LogP contribution is -2.39. The number of ether oxygens (including phenoxy) is 3. The maximum atomic E-state index is 12.4. The van der Waals surface area contributed by atoms with Crippen molar-refractivity contribution in [1.29, 1.82) is 5.26 Å². The van der Waals surface area contributed by atoms with E-state index in [1.165, 1.54) is 7.11 Å². The topological polar surface area (TPSA) is 80.6 Å². The van der Waals surface area contributed by atoms with E-state index in [0.29, 0.717) is 43.2 Å². The highest BCUT2D eigenvalue weighted by molar-refractivity contribution is 5.97. The number of nitrogens with zero attached hydrogens (tertiary/aromatic N) is 1. The number of hydrogen-bond acceptors (Lipinski definition) is 5. The van der Waals surface area contributed by atoms with E-state index in [-0.39, 0.29) is 5.91 Å². The molecule has 112 valence electrons. The zero-order valence-corrected chi connectivity index (χ0v) is 12.1. The predicted octanol–water partition coefficient (Wildman–Crippen LogP) is 1.96. The Morgan fingerprint density at radius 1 is 1.29 bits per heavy atom. The van der Waals surface area contributed by atoms with Crippen LogP contribution in [0.2, 0.25) is 0 Å². The molecule has 6 nitrogen and oxygen atoms in total. The summed E-state index contributed by atoms with van der Waals surface area (Å²) in [5.74, 6) is 0.797. The number of carbonyl (C=O) groups is 1. The zero-order valence-electron chi connectivity index (χ0n) is 12.1. The number of hydrogen-bond donors (Lipinski definition) is 1. The summed E-state index contributed by atoms with van der Waals surface area (Å²) >= 11 is 0. The minimum Gasteiger partial charge on any atom is -0.493 e. The molecule has 1 aromatic carbocycles. The van der Waals surface area contributed by atoms with Gasteiger partial charge in [0.1, 0.15) is 5.41 Å². The van der Waals surface area contributed by atoms with Crippen LogP contribution in [-0.2, 0) is 9.53 Å². The summed E-state index contributed by atoms with van der Waals surface area (Å²) in [6.07, 6.45) is 0.811. The van der Waals surface area contributed by atoms with Gasteiger partial charge in [-0.05, 0) is 25.0 Å². The molecule has 0 radical (unpaired) electrons. The lowest BCUT2D eigenvalue weighted by atomic mass is 9.81. The average Bonchev–Trinajstić information content (AvgIpc) is 2.55. The Morgan fingerprint density at radius 3 is 2.52 bits per heavy atom. The molecule has 0 spiro atoms. The van der Waals surface area contributed by atoms with E-state index in [1.54, 1.807) is 25.3 Å². The highest BCUT2D eigenvalue weighted by Crippen LogP contribution is 2.33. The van der Waals surface area contributed by atoms with E-state index in [1.807, 2.05) is 0 Å². The summed E-state index contributed by atoms with van der Waals surface area (Å²) in [6, 6.07) is 7.23. The first-order valence-corrected chi connectivity index (χ1v) is 6.67. The van der Waals surface area contributed by atoms with Crippen LogP contribution in [0.1, 0.15) is 12.8 Å². The first kappa shape index (κ1) is 15.1. The predicted molar refractivity (Wildman–Crippen MR) is 76.3 cm³/mol. The molecule has 0 unspecified atom stereocenters. The molecule has 1 fully saturated rings. The fraction of sp³-hybridized carbons (Fsp3) is 0.467. The fourth-order valence-electron chi connectivity index (χ4n) is 2.27. The smallest absolute Gasteiger partial charge is 0.245 e. The van der Waals surface area contributed by atoms with E-state index in [0.717, 1.165) is 0 Å². The van der Waals surface area contributed by atoms with Crippen molar-refractivity contribution >= 4 is 11.6 Å². The van der Waals surface area contributed by atoms with Gasteiger partial charge >= 0.3 is 0 Å². The Bertz CT molecular complexity index is 559. The van der Waals surface area contributed by atoms with Gasteiger partial charge in [-0.1, -0.05) is 0 Å². The van der Waals surface area contributed by atoms with Crippen molar-refractivity contribution in [1.82, 2.24) is 0 Å². The molecule has 1 amide bonds. The van der Waals surface area contributed by atoms with Gasteiger partial charge in [0.15, 0.2) is 11.5 Å². The quantitative estimate of drug-likeness (QED) is 0.916. The van der Waals surface area contributed by atoms with E-state index in [9.17, 15) is 10.1 Å². The van der Waals surface area contributed by atoms with Crippen LogP contribution in [0.25, 0.3) is 0 Å². The van der Waals surface area contributed by atoms with E-state index < -0.39 is 5.41 Å². The number of carbonyl (C=O) groups excluding carboxylic acids is 1. The van der Waals surface area contributed by atoms with Crippen molar-refractivity contribution in [3.63, 3.8) is 0 Å². The number of methoxy groups -OCH3 is 2. The Labute approximate surface area is 123 Å². The van der Waals surface area contributed by atoms with Crippen molar-refractivity contribution in [2.75, 3.05) is 32.8 Å². The molecule has 6 heteroatoms. The summed E-state index contributed by atoms with van der Waals surface area (Å²) < 4.78 is 15.6. The lowest BCUT2D eigenvalue weighted by Gasteiger charge is -2.29. The number of nitrogens with one attached hydrogen (secondary N) is 1. The van der Waals surface area contributed by atoms with Crippen LogP contribution in [0, 0.1) is 16.7 Å². The zero-order chi connectivity index (χ0) is 15.3. The second kappa shape index (κ2) is 6.46. The molecule has 0 saturated carbocycles. The van der Waals surface area contributed by atoms with Gasteiger partial charge in [0, 0.05) is 25.0 Å². The number of anilines is 1. The second-order valence-corrected chi connectivity index (χ2v) is 4.83. The molecule has 1 aliphatic rings. The molecule has 0 bridgehead atoms. The van der Waals surface area contributed by atoms with Crippen LogP contribution >= 0.6 is 0 Å². The number of nitriles is 1. The average molecular weight is 290 g/mol. The minimum absolute atomic E-state index is 0.305. The molecular formula is C15H18N2O4. The SMILES string of the molecule is COc1ccc(NC(=O)C2(C#N)CCOCC2)cc1OC. The van der Waals surface area contributed by atoms with Gasteiger partial charge in [0.05, 0.1) is 20.3 Å². The summed E-state index contributed by atoms with van der Waals surface area (Å²) in [5, 5.41) is 12.1. The molecular weight excluding hydrogens is 272 g/mol. The van der Waals surface area contributed by atoms with Gasteiger partial charge in [0.25, 0.3) is 0 Å². The van der Waals surface area contributed by atoms with Crippen molar-refractivity contribution < 1.29 is 19.0 Å². The van der Waals surface area contributed by atoms with Crippen LogP contribution in [0.4, 0.5) is 5.69 Å². The first-order chi connectivity index (χ1) is 10.1. The third-order valence-corrected chi connectivity index (χ3v) is 3.64. The van der Waals surface area contributed by atoms with Crippen molar-refractivity contribution in [3.8, 4) is 17.6 Å². The van der Waals surface area contributed by atoms with E-state index in [2.05, 4.69) is 11.4 Å². The van der Waals surface area contributed by atoms with Crippen LogP contribution in [0.5, 0.6) is 11.5 Å². The van der Waals surface area contributed by atoms with Crippen LogP contribution in [0.15, 0.2) is 18.2 Å². The number of amides is 1. The normalized spacial score (nSPS) is 16.6. The van der Waals surface area contributed by atoms with Crippen molar-refractivity contribution in [2.24, 2.45) is 5.41 Å². The van der Waals surface area contributed by atoms with E-state index in [4.69, 9.17) is 14.2 Å². The Morgan fingerprint density at radius 2 is 1.95 bits per heavy atom. The molecule has 0 aromatic heterocycles. The molecule has 1 aliphatic heterocycles. The fourth-order valence-corrected chi connectivity index (χ4v) is 2.27. The first-order valence-electron chi connectivity index (χ1n) is 6.67. The lowest BCUT2D eigenvalue weighted by molar-refractivity contribution is -0.126. The Balaban J connectivity index is 2.17. The Kier molecular flexibility index (Phi) is 4.66. The molecule has 1 aromatic rings. The molecule has 0 aliphatic carbocycles. The molecule has 2 rings (SSSR count). The van der Waals surface area contributed by atoms with Gasteiger partial charge in [-0.3, -0.25) is 4.79 Å². The van der Waals surface area contributed by atoms with E-state index >= 15 is 0 Å². The maximum absolute atomic E-state index is 12.4. The van der Waals surface area contributed by atoms with Gasteiger partial charge in [-0.2, -0.15) is 5.26 Å². The van der Waals surface area contributed by atoms with Crippen molar-refractivity contribution in [3.05, 3.63) is 18.2 Å². The summed E-state index contributed by atoms with van der Waals surface area (Å²) in [4.78, 5) is 12.4. The molecule has 1 N–H and O–H groups in total. The van der Waals surface area contributed by atoms with Crippen LogP contribution < -0.4 is 14.8 Å². The van der Waals surface area contributed by atoms with Gasteiger partial charge in [-0.25, -0.2) is 0 Å². The van der Waals surface area contributed by atoms with Crippen LogP contribution in [-0.4, -0.2) is 33.3 Å². The number of benzene rings is 1. The maximum Gasteiger partial charge on any atom is 0.245 e. The Hall–Kier alpha value is -2.26. The largest absolute Gasteiger partial charge is 0.493 e. The van der Waals surface area contributed by atoms with Gasteiger partial charge in [0.2, 0.25) is 5.91 Å². The summed E-state index contributed by atoms with van der Waals surface area (Å²) in [6.45, 7) is 0.847. The van der Waals surface area contributed by atoms with Crippen LogP contribution in [0.3, 0.4) is 0 Å². The van der Waals surface area contributed by atoms with Gasteiger partial charge in [-0.15, -0.1) is 0 Å². The third-order valence-electron chi connectivity index (χ3n) is 3.64. The standard InChI is InChI=1S/C15H18N2O4/c1-19-12-4-3-11(9-13(12)20-2)17-14(18)15(10-16)5-7-21-8-6-15/h3-4,9H,5-8H2,1-2H3,(H,17,18). The molecule has 0 atom stereocenters.